The minimum absolute atomic E-state index is 0.00455. The standard InChI is InChI=1S/C27H35N3O7S/c1-17-14-30(18(2)16-31)27(33)22-6-5-7-23(28-26(32)19-8-9-19)25(22)37-24(17)15-29(3)38(34,35)21-12-10-20(36-4)11-13-21/h5-7,10-13,17-19,24,31H,8-9,14-16H2,1-4H3,(H,28,32)/t17-,18-,24-/m1/s1. The summed E-state index contributed by atoms with van der Waals surface area (Å²) in [6, 6.07) is 10.6. The van der Waals surface area contributed by atoms with Crippen LogP contribution in [0, 0.1) is 11.8 Å². The molecule has 0 bridgehead atoms. The van der Waals surface area contributed by atoms with Gasteiger partial charge in [-0.25, -0.2) is 8.42 Å². The van der Waals surface area contributed by atoms with Gasteiger partial charge in [0.15, 0.2) is 5.75 Å². The lowest BCUT2D eigenvalue weighted by Crippen LogP contribution is -2.50. The van der Waals surface area contributed by atoms with Crippen molar-refractivity contribution in [2.24, 2.45) is 11.8 Å². The summed E-state index contributed by atoms with van der Waals surface area (Å²) in [5.74, 6) is -0.0788. The number of hydrogen-bond acceptors (Lipinski definition) is 7. The van der Waals surface area contributed by atoms with Crippen molar-refractivity contribution in [1.82, 2.24) is 9.21 Å². The van der Waals surface area contributed by atoms with Gasteiger partial charge in [0.1, 0.15) is 11.9 Å². The van der Waals surface area contributed by atoms with Gasteiger partial charge in [-0.05, 0) is 56.2 Å². The molecule has 0 unspecified atom stereocenters. The Morgan fingerprint density at radius 3 is 2.53 bits per heavy atom. The van der Waals surface area contributed by atoms with Crippen LogP contribution in [0.2, 0.25) is 0 Å². The summed E-state index contributed by atoms with van der Waals surface area (Å²) in [7, 11) is -0.866. The fourth-order valence-corrected chi connectivity index (χ4v) is 5.60. The molecule has 0 radical (unpaired) electrons. The number of nitrogens with zero attached hydrogens (tertiary/aromatic N) is 2. The molecule has 0 aromatic heterocycles. The third-order valence-corrected chi connectivity index (χ3v) is 8.94. The van der Waals surface area contributed by atoms with E-state index in [4.69, 9.17) is 9.47 Å². The lowest BCUT2D eigenvalue weighted by atomic mass is 9.99. The van der Waals surface area contributed by atoms with Gasteiger partial charge in [-0.1, -0.05) is 13.0 Å². The number of aliphatic hydroxyl groups excluding tert-OH is 1. The van der Waals surface area contributed by atoms with Crippen LogP contribution >= 0.6 is 0 Å². The molecule has 1 fully saturated rings. The number of methoxy groups -OCH3 is 1. The number of likely N-dealkylation sites (N-methyl/N-ethyl adjacent to an activating group) is 1. The molecule has 1 heterocycles. The smallest absolute Gasteiger partial charge is 0.258 e. The quantitative estimate of drug-likeness (QED) is 0.496. The maximum Gasteiger partial charge on any atom is 0.258 e. The van der Waals surface area contributed by atoms with E-state index < -0.39 is 22.2 Å². The second-order valence-electron chi connectivity index (χ2n) is 10.0. The molecule has 11 heteroatoms. The largest absolute Gasteiger partial charge is 0.497 e. The Balaban J connectivity index is 1.68. The van der Waals surface area contributed by atoms with Crippen LogP contribution in [0.3, 0.4) is 0 Å². The number of anilines is 1. The van der Waals surface area contributed by atoms with E-state index in [1.807, 2.05) is 6.92 Å². The zero-order valence-electron chi connectivity index (χ0n) is 22.1. The molecule has 1 aliphatic carbocycles. The molecule has 206 valence electrons. The van der Waals surface area contributed by atoms with Gasteiger partial charge in [0.25, 0.3) is 5.91 Å². The lowest BCUT2D eigenvalue weighted by molar-refractivity contribution is -0.117. The van der Waals surface area contributed by atoms with Crippen molar-refractivity contribution in [3.8, 4) is 11.5 Å². The van der Waals surface area contributed by atoms with Gasteiger partial charge in [-0.15, -0.1) is 0 Å². The van der Waals surface area contributed by atoms with Gasteiger partial charge < -0.3 is 24.8 Å². The van der Waals surface area contributed by atoms with Crippen molar-refractivity contribution in [2.45, 2.75) is 43.7 Å². The monoisotopic (exact) mass is 545 g/mol. The molecule has 4 rings (SSSR count). The summed E-state index contributed by atoms with van der Waals surface area (Å²) >= 11 is 0. The minimum atomic E-state index is -3.86. The van der Waals surface area contributed by atoms with E-state index in [1.54, 1.807) is 42.2 Å². The number of sulfonamides is 1. The Morgan fingerprint density at radius 2 is 1.92 bits per heavy atom. The van der Waals surface area contributed by atoms with Crippen LogP contribution in [0.5, 0.6) is 11.5 Å². The topological polar surface area (TPSA) is 125 Å². The maximum atomic E-state index is 13.6. The Bertz CT molecular complexity index is 1280. The summed E-state index contributed by atoms with van der Waals surface area (Å²) in [4.78, 5) is 27.8. The summed E-state index contributed by atoms with van der Waals surface area (Å²) < 4.78 is 39.5. The summed E-state index contributed by atoms with van der Waals surface area (Å²) in [6.07, 6.45) is 0.971. The third kappa shape index (κ3) is 5.79. The fourth-order valence-electron chi connectivity index (χ4n) is 4.42. The van der Waals surface area contributed by atoms with Crippen LogP contribution in [0.4, 0.5) is 5.69 Å². The Hall–Kier alpha value is -3.15. The molecule has 2 aromatic rings. The zero-order valence-corrected chi connectivity index (χ0v) is 22.9. The number of carbonyl (C=O) groups is 2. The summed E-state index contributed by atoms with van der Waals surface area (Å²) in [5.41, 5.74) is 0.612. The van der Waals surface area contributed by atoms with Crippen LogP contribution in [0.15, 0.2) is 47.4 Å². The summed E-state index contributed by atoms with van der Waals surface area (Å²) in [6.45, 7) is 3.64. The molecule has 2 N–H and O–H groups in total. The van der Waals surface area contributed by atoms with Gasteiger partial charge in [0.2, 0.25) is 15.9 Å². The molecule has 2 aliphatic rings. The average molecular weight is 546 g/mol. The highest BCUT2D eigenvalue weighted by Gasteiger charge is 2.37. The van der Waals surface area contributed by atoms with Crippen molar-refractivity contribution < 1.29 is 32.6 Å². The van der Waals surface area contributed by atoms with E-state index in [9.17, 15) is 23.1 Å². The highest BCUT2D eigenvalue weighted by Crippen LogP contribution is 2.37. The predicted octanol–water partition coefficient (Wildman–Crippen LogP) is 2.58. The number of hydrogen-bond donors (Lipinski definition) is 2. The molecular weight excluding hydrogens is 510 g/mol. The third-order valence-electron chi connectivity index (χ3n) is 7.10. The molecule has 2 amide bonds. The average Bonchev–Trinajstić information content (AvgIpc) is 3.76. The minimum Gasteiger partial charge on any atom is -0.497 e. The molecule has 3 atom stereocenters. The molecule has 38 heavy (non-hydrogen) atoms. The van der Waals surface area contributed by atoms with Crippen LogP contribution in [-0.4, -0.2) is 80.5 Å². The Labute approximate surface area is 223 Å². The number of amides is 2. The first-order valence-corrected chi connectivity index (χ1v) is 14.1. The molecule has 1 aliphatic heterocycles. The van der Waals surface area contributed by atoms with Crippen molar-refractivity contribution in [3.05, 3.63) is 48.0 Å². The number of rotatable bonds is 9. The van der Waals surface area contributed by atoms with Crippen LogP contribution < -0.4 is 14.8 Å². The van der Waals surface area contributed by atoms with Gasteiger partial charge in [-0.2, -0.15) is 4.31 Å². The second kappa shape index (κ2) is 11.3. The first kappa shape index (κ1) is 27.9. The molecule has 0 spiro atoms. The van der Waals surface area contributed by atoms with Gasteiger partial charge in [0, 0.05) is 25.4 Å². The molecule has 2 aromatic carbocycles. The number of para-hydroxylation sites is 1. The number of carbonyl (C=O) groups excluding carboxylic acids is 2. The number of aliphatic hydroxyl groups is 1. The molecule has 0 saturated heterocycles. The van der Waals surface area contributed by atoms with E-state index in [0.717, 1.165) is 12.8 Å². The number of fused-ring (bicyclic) bond motifs is 1. The van der Waals surface area contributed by atoms with E-state index in [2.05, 4.69) is 5.32 Å². The van der Waals surface area contributed by atoms with Crippen molar-refractivity contribution >= 4 is 27.5 Å². The Kier molecular flexibility index (Phi) is 8.29. The number of benzene rings is 2. The van der Waals surface area contributed by atoms with Gasteiger partial charge >= 0.3 is 0 Å². The van der Waals surface area contributed by atoms with Crippen molar-refractivity contribution in [3.63, 3.8) is 0 Å². The number of ether oxygens (including phenoxy) is 2. The van der Waals surface area contributed by atoms with Crippen LogP contribution in [0.1, 0.15) is 37.0 Å². The van der Waals surface area contributed by atoms with Crippen molar-refractivity contribution in [2.75, 3.05) is 39.2 Å². The number of nitrogens with one attached hydrogen (secondary N) is 1. The van der Waals surface area contributed by atoms with Gasteiger partial charge in [0.05, 0.1) is 42.4 Å². The Morgan fingerprint density at radius 1 is 1.24 bits per heavy atom. The predicted molar refractivity (Wildman–Crippen MR) is 142 cm³/mol. The normalized spacial score (nSPS) is 20.7. The molecule has 1 saturated carbocycles. The van der Waals surface area contributed by atoms with E-state index in [-0.39, 0.29) is 59.6 Å². The molecular formula is C27H35N3O7S. The van der Waals surface area contributed by atoms with E-state index in [0.29, 0.717) is 11.4 Å². The fraction of sp³-hybridized carbons (Fsp3) is 0.481. The van der Waals surface area contributed by atoms with E-state index >= 15 is 0 Å². The highest BCUT2D eigenvalue weighted by molar-refractivity contribution is 7.89. The summed E-state index contributed by atoms with van der Waals surface area (Å²) in [5, 5.41) is 12.7. The first-order chi connectivity index (χ1) is 18.1. The van der Waals surface area contributed by atoms with Gasteiger partial charge in [-0.3, -0.25) is 9.59 Å². The molecule has 10 nitrogen and oxygen atoms in total. The van der Waals surface area contributed by atoms with Crippen LogP contribution in [-0.2, 0) is 14.8 Å². The highest BCUT2D eigenvalue weighted by atomic mass is 32.2. The zero-order chi connectivity index (χ0) is 27.6. The van der Waals surface area contributed by atoms with Crippen molar-refractivity contribution in [1.29, 1.82) is 0 Å². The van der Waals surface area contributed by atoms with E-state index in [1.165, 1.54) is 30.6 Å². The second-order valence-corrected chi connectivity index (χ2v) is 12.1. The first-order valence-electron chi connectivity index (χ1n) is 12.7. The lowest BCUT2D eigenvalue weighted by Gasteiger charge is -2.38. The maximum absolute atomic E-state index is 13.6. The van der Waals surface area contributed by atoms with Crippen LogP contribution in [0.25, 0.3) is 0 Å². The SMILES string of the molecule is COc1ccc(S(=O)(=O)N(C)C[C@H]2Oc3c(NC(=O)C4CC4)cccc3C(=O)N([C@H](C)CO)C[C@H]2C)cc1.